The fourth-order valence-corrected chi connectivity index (χ4v) is 4.19. The highest BCUT2D eigenvalue weighted by atomic mass is 19.4. The molecule has 174 valence electrons. The average Bonchev–Trinajstić information content (AvgIpc) is 3.26. The number of hydrogen-bond donors (Lipinski definition) is 0. The summed E-state index contributed by atoms with van der Waals surface area (Å²) in [7, 11) is 0. The zero-order chi connectivity index (χ0) is 23.7. The predicted molar refractivity (Wildman–Crippen MR) is 123 cm³/mol. The van der Waals surface area contributed by atoms with Gasteiger partial charge in [-0.05, 0) is 48.0 Å². The van der Waals surface area contributed by atoms with Gasteiger partial charge in [0.2, 0.25) is 0 Å². The molecule has 0 unspecified atom stereocenters. The van der Waals surface area contributed by atoms with Crippen molar-refractivity contribution in [3.63, 3.8) is 0 Å². The van der Waals surface area contributed by atoms with Crippen molar-refractivity contribution < 1.29 is 18.0 Å². The van der Waals surface area contributed by atoms with E-state index in [9.17, 15) is 18.0 Å². The lowest BCUT2D eigenvalue weighted by Crippen LogP contribution is -2.48. The third-order valence-corrected chi connectivity index (χ3v) is 6.06. The summed E-state index contributed by atoms with van der Waals surface area (Å²) in [6.07, 6.45) is -4.37. The molecule has 3 aromatic carbocycles. The molecule has 1 aromatic heterocycles. The van der Waals surface area contributed by atoms with E-state index in [0.29, 0.717) is 44.0 Å². The SMILES string of the molecule is O=C(c1ccc(Cn2nnc3ccccc32)cc1)N1CCN(c2cccc(C(F)(F)F)c2)CC1. The zero-order valence-corrected chi connectivity index (χ0v) is 18.2. The molecule has 6 nitrogen and oxygen atoms in total. The summed E-state index contributed by atoms with van der Waals surface area (Å²) >= 11 is 0. The Morgan fingerprint density at radius 2 is 1.62 bits per heavy atom. The molecule has 9 heteroatoms. The maximum Gasteiger partial charge on any atom is 0.416 e. The molecule has 5 rings (SSSR count). The van der Waals surface area contributed by atoms with Crippen LogP contribution in [-0.4, -0.2) is 52.0 Å². The van der Waals surface area contributed by atoms with Gasteiger partial charge in [0, 0.05) is 37.4 Å². The number of para-hydroxylation sites is 1. The number of hydrogen-bond acceptors (Lipinski definition) is 4. The number of piperazine rings is 1. The van der Waals surface area contributed by atoms with Crippen molar-refractivity contribution in [3.8, 4) is 0 Å². The summed E-state index contributed by atoms with van der Waals surface area (Å²) in [6, 6.07) is 20.5. The van der Waals surface area contributed by atoms with Crippen LogP contribution in [0.25, 0.3) is 11.0 Å². The second-order valence-electron chi connectivity index (χ2n) is 8.26. The summed E-state index contributed by atoms with van der Waals surface area (Å²) in [5.41, 5.74) is 3.22. The molecule has 0 spiro atoms. The first kappa shape index (κ1) is 21.9. The Hall–Kier alpha value is -3.88. The quantitative estimate of drug-likeness (QED) is 0.447. The van der Waals surface area contributed by atoms with Crippen molar-refractivity contribution >= 4 is 22.6 Å². The molecule has 1 aliphatic heterocycles. The second-order valence-corrected chi connectivity index (χ2v) is 8.26. The molecule has 1 aliphatic rings. The number of alkyl halides is 3. The molecule has 0 aliphatic carbocycles. The van der Waals surface area contributed by atoms with Gasteiger partial charge < -0.3 is 9.80 Å². The van der Waals surface area contributed by atoms with Crippen molar-refractivity contribution in [2.45, 2.75) is 12.7 Å². The lowest BCUT2D eigenvalue weighted by Gasteiger charge is -2.36. The van der Waals surface area contributed by atoms with E-state index in [1.807, 2.05) is 46.0 Å². The molecule has 34 heavy (non-hydrogen) atoms. The van der Waals surface area contributed by atoms with Crippen LogP contribution < -0.4 is 4.90 Å². The third kappa shape index (κ3) is 4.46. The Morgan fingerprint density at radius 3 is 2.35 bits per heavy atom. The molecule has 1 saturated heterocycles. The molecular weight excluding hydrogens is 443 g/mol. The molecule has 1 amide bonds. The number of rotatable bonds is 4. The number of carbonyl (C=O) groups excluding carboxylic acids is 1. The van der Waals surface area contributed by atoms with Crippen LogP contribution in [-0.2, 0) is 12.7 Å². The summed E-state index contributed by atoms with van der Waals surface area (Å²) in [4.78, 5) is 16.6. The van der Waals surface area contributed by atoms with E-state index in [1.165, 1.54) is 6.07 Å². The van der Waals surface area contributed by atoms with Crippen LogP contribution >= 0.6 is 0 Å². The van der Waals surface area contributed by atoms with E-state index in [4.69, 9.17) is 0 Å². The second kappa shape index (κ2) is 8.81. The van der Waals surface area contributed by atoms with Gasteiger partial charge in [-0.25, -0.2) is 4.68 Å². The fourth-order valence-electron chi connectivity index (χ4n) is 4.19. The van der Waals surface area contributed by atoms with Crippen molar-refractivity contribution in [1.82, 2.24) is 19.9 Å². The summed E-state index contributed by atoms with van der Waals surface area (Å²) in [5, 5.41) is 8.36. The van der Waals surface area contributed by atoms with E-state index in [1.54, 1.807) is 23.1 Å². The molecule has 4 aromatic rings. The van der Waals surface area contributed by atoms with Crippen molar-refractivity contribution in [2.24, 2.45) is 0 Å². The first-order valence-electron chi connectivity index (χ1n) is 11.0. The minimum atomic E-state index is -4.37. The zero-order valence-electron chi connectivity index (χ0n) is 18.2. The van der Waals surface area contributed by atoms with Gasteiger partial charge in [0.1, 0.15) is 5.52 Å². The number of anilines is 1. The summed E-state index contributed by atoms with van der Waals surface area (Å²) < 4.78 is 40.9. The first-order valence-corrected chi connectivity index (χ1v) is 11.0. The van der Waals surface area contributed by atoms with Gasteiger partial charge in [-0.3, -0.25) is 4.79 Å². The molecule has 0 atom stereocenters. The Labute approximate surface area is 194 Å². The Kier molecular flexibility index (Phi) is 5.69. The van der Waals surface area contributed by atoms with Crippen LogP contribution in [0.2, 0.25) is 0 Å². The van der Waals surface area contributed by atoms with Crippen LogP contribution in [0.3, 0.4) is 0 Å². The van der Waals surface area contributed by atoms with E-state index in [-0.39, 0.29) is 5.91 Å². The molecule has 1 fully saturated rings. The number of halogens is 3. The molecule has 0 saturated carbocycles. The van der Waals surface area contributed by atoms with E-state index < -0.39 is 11.7 Å². The normalized spacial score (nSPS) is 14.6. The average molecular weight is 465 g/mol. The van der Waals surface area contributed by atoms with Gasteiger partial charge in [-0.15, -0.1) is 5.10 Å². The smallest absolute Gasteiger partial charge is 0.368 e. The lowest BCUT2D eigenvalue weighted by atomic mass is 10.1. The van der Waals surface area contributed by atoms with Crippen LogP contribution in [0.15, 0.2) is 72.8 Å². The largest absolute Gasteiger partial charge is 0.416 e. The monoisotopic (exact) mass is 465 g/mol. The summed E-state index contributed by atoms with van der Waals surface area (Å²) in [5.74, 6) is -0.0820. The molecule has 0 bridgehead atoms. The number of amides is 1. The minimum Gasteiger partial charge on any atom is -0.368 e. The number of aromatic nitrogens is 3. The third-order valence-electron chi connectivity index (χ3n) is 6.06. The van der Waals surface area contributed by atoms with Gasteiger partial charge in [-0.2, -0.15) is 13.2 Å². The van der Waals surface area contributed by atoms with E-state index >= 15 is 0 Å². The molecular formula is C25H22F3N5O. The van der Waals surface area contributed by atoms with Gasteiger partial charge in [0.05, 0.1) is 17.6 Å². The number of carbonyl (C=O) groups is 1. The van der Waals surface area contributed by atoms with Crippen LogP contribution in [0.5, 0.6) is 0 Å². The number of benzene rings is 3. The first-order chi connectivity index (χ1) is 16.4. The molecule has 2 heterocycles. The van der Waals surface area contributed by atoms with Crippen molar-refractivity contribution in [2.75, 3.05) is 31.1 Å². The molecule has 0 N–H and O–H groups in total. The molecule has 0 radical (unpaired) electrons. The fraction of sp³-hybridized carbons (Fsp3) is 0.240. The Bertz CT molecular complexity index is 1310. The minimum absolute atomic E-state index is 0.0820. The standard InChI is InChI=1S/C25H22F3N5O/c26-25(27,28)20-4-3-5-21(16-20)31-12-14-32(15-13-31)24(34)19-10-8-18(9-11-19)17-33-23-7-2-1-6-22(23)29-30-33/h1-11,16H,12-15,17H2. The maximum atomic E-state index is 13.0. The van der Waals surface area contributed by atoms with Crippen LogP contribution in [0, 0.1) is 0 Å². The van der Waals surface area contributed by atoms with Gasteiger partial charge in [0.25, 0.3) is 5.91 Å². The van der Waals surface area contributed by atoms with Crippen molar-refractivity contribution in [3.05, 3.63) is 89.5 Å². The number of nitrogens with zero attached hydrogens (tertiary/aromatic N) is 5. The predicted octanol–water partition coefficient (Wildman–Crippen LogP) is 4.46. The highest BCUT2D eigenvalue weighted by molar-refractivity contribution is 5.94. The Morgan fingerprint density at radius 1 is 0.882 bits per heavy atom. The number of fused-ring (bicyclic) bond motifs is 1. The van der Waals surface area contributed by atoms with Gasteiger partial charge >= 0.3 is 6.18 Å². The van der Waals surface area contributed by atoms with Gasteiger partial charge in [0.15, 0.2) is 0 Å². The van der Waals surface area contributed by atoms with Crippen LogP contribution in [0.4, 0.5) is 18.9 Å². The van der Waals surface area contributed by atoms with Crippen LogP contribution in [0.1, 0.15) is 21.5 Å². The maximum absolute atomic E-state index is 13.0. The highest BCUT2D eigenvalue weighted by Gasteiger charge is 2.31. The van der Waals surface area contributed by atoms with E-state index in [2.05, 4.69) is 10.3 Å². The van der Waals surface area contributed by atoms with Gasteiger partial charge in [-0.1, -0.05) is 35.5 Å². The lowest BCUT2D eigenvalue weighted by molar-refractivity contribution is -0.137. The van der Waals surface area contributed by atoms with Crippen molar-refractivity contribution in [1.29, 1.82) is 0 Å². The summed E-state index contributed by atoms with van der Waals surface area (Å²) in [6.45, 7) is 2.39. The Balaban J connectivity index is 1.21. The topological polar surface area (TPSA) is 54.3 Å². The highest BCUT2D eigenvalue weighted by Crippen LogP contribution is 2.32. The van der Waals surface area contributed by atoms with E-state index in [0.717, 1.165) is 28.7 Å².